The van der Waals surface area contributed by atoms with E-state index in [1.807, 2.05) is 31.4 Å². The summed E-state index contributed by atoms with van der Waals surface area (Å²) in [5, 5.41) is 20.2. The van der Waals surface area contributed by atoms with Gasteiger partial charge in [0.15, 0.2) is 5.82 Å². The molecule has 52 heavy (non-hydrogen) atoms. The van der Waals surface area contributed by atoms with E-state index in [1.165, 1.54) is 23.1 Å². The Morgan fingerprint density at radius 1 is 0.788 bits per heavy atom. The van der Waals surface area contributed by atoms with Crippen molar-refractivity contribution in [3.63, 3.8) is 0 Å². The standard InChI is InChI=1S/C19H18ClN7.C13H8ClF3N4O3S/c1-11(2)12-6-17(26-22-7-12)24-16-5-4-15-19(25-16)18(20)14(9-21-15)13-8-23-27(3)10-13;1-21-6-7(4-19-21)8-5-18-9-2-3-10(20-12(9)11(8)14)24-25(22,23)13(15,16)17/h4-11H,1-3H3,(H,24,25,26);2-6H,1H3. The van der Waals surface area contributed by atoms with Crippen LogP contribution in [0.3, 0.4) is 0 Å². The van der Waals surface area contributed by atoms with Crippen LogP contribution in [0, 0.1) is 0 Å². The van der Waals surface area contributed by atoms with Gasteiger partial charge in [-0.2, -0.15) is 36.9 Å². The monoisotopic (exact) mass is 771 g/mol. The van der Waals surface area contributed by atoms with Gasteiger partial charge in [-0.15, -0.1) is 5.10 Å². The molecule has 1 N–H and O–H groups in total. The lowest BCUT2D eigenvalue weighted by atomic mass is 10.1. The third-order valence-electron chi connectivity index (χ3n) is 7.39. The van der Waals surface area contributed by atoms with Gasteiger partial charge < -0.3 is 9.50 Å². The molecular weight excluding hydrogens is 746 g/mol. The first-order chi connectivity index (χ1) is 24.6. The summed E-state index contributed by atoms with van der Waals surface area (Å²) in [6.07, 6.45) is 11.8. The highest BCUT2D eigenvalue weighted by atomic mass is 35.5. The summed E-state index contributed by atoms with van der Waals surface area (Å²) in [4.78, 5) is 17.0. The number of nitrogens with one attached hydrogen (secondary N) is 1. The molecular formula is C32H26Cl2F3N11O3S. The summed E-state index contributed by atoms with van der Waals surface area (Å²) in [5.41, 5.74) is -0.126. The molecule has 268 valence electrons. The molecule has 0 saturated heterocycles. The Hall–Kier alpha value is -5.46. The van der Waals surface area contributed by atoms with E-state index in [1.54, 1.807) is 36.5 Å². The zero-order valence-electron chi connectivity index (χ0n) is 27.5. The average Bonchev–Trinajstić information content (AvgIpc) is 3.73. The van der Waals surface area contributed by atoms with Gasteiger partial charge in [-0.05, 0) is 35.7 Å². The average molecular weight is 773 g/mol. The van der Waals surface area contributed by atoms with Crippen molar-refractivity contribution < 1.29 is 25.8 Å². The van der Waals surface area contributed by atoms with Gasteiger partial charge in [0.2, 0.25) is 5.88 Å². The van der Waals surface area contributed by atoms with Crippen LogP contribution in [0.15, 0.2) is 73.7 Å². The molecule has 0 saturated carbocycles. The van der Waals surface area contributed by atoms with Crippen molar-refractivity contribution in [3.05, 3.63) is 89.3 Å². The van der Waals surface area contributed by atoms with Gasteiger partial charge in [0.25, 0.3) is 0 Å². The van der Waals surface area contributed by atoms with Crippen molar-refractivity contribution in [2.24, 2.45) is 14.1 Å². The molecule has 7 aromatic heterocycles. The quantitative estimate of drug-likeness (QED) is 0.127. The molecule has 7 heterocycles. The smallest absolute Gasteiger partial charge is 0.355 e. The van der Waals surface area contributed by atoms with E-state index in [2.05, 4.69) is 63.7 Å². The number of hydrogen-bond donors (Lipinski definition) is 1. The zero-order chi connectivity index (χ0) is 37.4. The minimum Gasteiger partial charge on any atom is -0.355 e. The zero-order valence-corrected chi connectivity index (χ0v) is 29.8. The highest BCUT2D eigenvalue weighted by Crippen LogP contribution is 2.35. The number of nitrogens with zero attached hydrogens (tertiary/aromatic N) is 10. The number of aromatic nitrogens is 10. The summed E-state index contributed by atoms with van der Waals surface area (Å²) in [7, 11) is -2.28. The van der Waals surface area contributed by atoms with Crippen LogP contribution in [-0.4, -0.2) is 63.6 Å². The first kappa shape index (κ1) is 36.3. The SMILES string of the molecule is CC(C)c1cnnc(Nc2ccc3ncc(-c4cnn(C)c4)c(Cl)c3n2)c1.Cn1cc(-c2cnc3ccc(OS(=O)(=O)C(F)(F)F)nc3c2Cl)cn1. The number of rotatable bonds is 7. The summed E-state index contributed by atoms with van der Waals surface area (Å²) in [6, 6.07) is 7.90. The highest BCUT2D eigenvalue weighted by molar-refractivity contribution is 7.87. The Morgan fingerprint density at radius 2 is 1.35 bits per heavy atom. The Morgan fingerprint density at radius 3 is 1.87 bits per heavy atom. The molecule has 7 aromatic rings. The van der Waals surface area contributed by atoms with Crippen LogP contribution < -0.4 is 9.50 Å². The lowest BCUT2D eigenvalue weighted by Crippen LogP contribution is -2.28. The Bertz CT molecular complexity index is 2550. The van der Waals surface area contributed by atoms with Crippen molar-refractivity contribution >= 4 is 67.0 Å². The molecule has 14 nitrogen and oxygen atoms in total. The van der Waals surface area contributed by atoms with Gasteiger partial charge in [0.05, 0.1) is 39.7 Å². The summed E-state index contributed by atoms with van der Waals surface area (Å²) < 4.78 is 66.7. The Balaban J connectivity index is 0.000000179. The van der Waals surface area contributed by atoms with Crippen molar-refractivity contribution in [2.75, 3.05) is 5.32 Å². The molecule has 7 rings (SSSR count). The molecule has 0 bridgehead atoms. The van der Waals surface area contributed by atoms with Crippen LogP contribution in [0.2, 0.25) is 10.0 Å². The molecule has 0 spiro atoms. The number of hydrogen-bond acceptors (Lipinski definition) is 12. The van der Waals surface area contributed by atoms with Crippen LogP contribution in [0.25, 0.3) is 44.3 Å². The van der Waals surface area contributed by atoms with Gasteiger partial charge in [-0.1, -0.05) is 37.0 Å². The van der Waals surface area contributed by atoms with Gasteiger partial charge in [-0.3, -0.25) is 19.3 Å². The number of anilines is 2. The predicted octanol–water partition coefficient (Wildman–Crippen LogP) is 7.25. The third-order valence-corrected chi connectivity index (χ3v) is 9.11. The van der Waals surface area contributed by atoms with E-state index in [0.29, 0.717) is 39.2 Å². The van der Waals surface area contributed by atoms with E-state index in [0.717, 1.165) is 28.3 Å². The van der Waals surface area contributed by atoms with Crippen LogP contribution in [0.4, 0.5) is 24.8 Å². The van der Waals surface area contributed by atoms with Gasteiger partial charge in [0, 0.05) is 67.2 Å². The summed E-state index contributed by atoms with van der Waals surface area (Å²) >= 11 is 12.9. The topological polar surface area (TPSA) is 168 Å². The number of fused-ring (bicyclic) bond motifs is 2. The van der Waals surface area contributed by atoms with Gasteiger partial charge in [0.1, 0.15) is 16.9 Å². The van der Waals surface area contributed by atoms with Crippen LogP contribution in [0.1, 0.15) is 25.3 Å². The molecule has 0 amide bonds. The van der Waals surface area contributed by atoms with Gasteiger partial charge in [-0.25, -0.2) is 9.97 Å². The largest absolute Gasteiger partial charge is 0.534 e. The second-order valence-electron chi connectivity index (χ2n) is 11.5. The maximum Gasteiger partial charge on any atom is 0.534 e. The minimum atomic E-state index is -5.83. The maximum atomic E-state index is 12.4. The molecule has 20 heteroatoms. The summed E-state index contributed by atoms with van der Waals surface area (Å²) in [5.74, 6) is 0.869. The molecule has 0 radical (unpaired) electrons. The van der Waals surface area contributed by atoms with Crippen LogP contribution in [0.5, 0.6) is 5.88 Å². The Labute approximate surface area is 303 Å². The first-order valence-corrected chi connectivity index (χ1v) is 17.2. The van der Waals surface area contributed by atoms with Crippen molar-refractivity contribution in [2.45, 2.75) is 25.3 Å². The van der Waals surface area contributed by atoms with Crippen LogP contribution >= 0.6 is 23.2 Å². The second kappa shape index (κ2) is 14.3. The highest BCUT2D eigenvalue weighted by Gasteiger charge is 2.48. The van der Waals surface area contributed by atoms with Crippen molar-refractivity contribution in [3.8, 4) is 28.1 Å². The Kier molecular flexibility index (Phi) is 9.98. The third kappa shape index (κ3) is 7.73. The lowest BCUT2D eigenvalue weighted by Gasteiger charge is -2.10. The normalized spacial score (nSPS) is 11.9. The number of halogens is 5. The van der Waals surface area contributed by atoms with E-state index >= 15 is 0 Å². The molecule has 0 aliphatic heterocycles. The molecule has 0 unspecified atom stereocenters. The number of alkyl halides is 3. The lowest BCUT2D eigenvalue weighted by molar-refractivity contribution is -0.0501. The fourth-order valence-electron chi connectivity index (χ4n) is 4.74. The molecule has 0 atom stereocenters. The van der Waals surface area contributed by atoms with E-state index < -0.39 is 21.5 Å². The maximum absolute atomic E-state index is 12.4. The fourth-order valence-corrected chi connectivity index (χ4v) is 5.75. The predicted molar refractivity (Wildman–Crippen MR) is 189 cm³/mol. The summed E-state index contributed by atoms with van der Waals surface area (Å²) in [6.45, 7) is 4.22. The molecule has 0 aliphatic carbocycles. The number of aryl methyl sites for hydroxylation is 2. The van der Waals surface area contributed by atoms with Crippen molar-refractivity contribution in [1.29, 1.82) is 0 Å². The second-order valence-corrected chi connectivity index (χ2v) is 13.8. The van der Waals surface area contributed by atoms with E-state index in [9.17, 15) is 21.6 Å². The van der Waals surface area contributed by atoms with Crippen molar-refractivity contribution in [1.82, 2.24) is 49.7 Å². The van der Waals surface area contributed by atoms with Crippen LogP contribution in [-0.2, 0) is 24.2 Å². The fraction of sp³-hybridized carbons (Fsp3) is 0.188. The number of pyridine rings is 4. The van der Waals surface area contributed by atoms with E-state index in [4.69, 9.17) is 23.2 Å². The molecule has 0 fully saturated rings. The molecule has 0 aliphatic rings. The van der Waals surface area contributed by atoms with Gasteiger partial charge >= 0.3 is 15.6 Å². The molecule has 0 aromatic carbocycles. The minimum absolute atomic E-state index is 0.00195. The van der Waals surface area contributed by atoms with E-state index in [-0.39, 0.29) is 16.1 Å². The first-order valence-electron chi connectivity index (χ1n) is 15.1.